The highest BCUT2D eigenvalue weighted by Gasteiger charge is 2.20. The third-order valence-electron chi connectivity index (χ3n) is 13.8. The first-order valence-corrected chi connectivity index (χ1v) is 29.6. The van der Waals surface area contributed by atoms with Gasteiger partial charge in [0.15, 0.2) is 0 Å². The number of hydrogen-bond donors (Lipinski definition) is 3. The fourth-order valence-corrected chi connectivity index (χ4v) is 9.19. The van der Waals surface area contributed by atoms with Gasteiger partial charge in [-0.2, -0.15) is 0 Å². The monoisotopic (exact) mass is 930 g/mol. The van der Waals surface area contributed by atoms with Crippen LogP contribution in [0.25, 0.3) is 0 Å². The maximum Gasteiger partial charge on any atom is 0.305 e. The first-order chi connectivity index (χ1) is 32.5. The fourth-order valence-electron chi connectivity index (χ4n) is 9.19. The molecule has 0 fully saturated rings. The van der Waals surface area contributed by atoms with E-state index in [1.165, 1.54) is 218 Å². The van der Waals surface area contributed by atoms with E-state index in [-0.39, 0.29) is 18.5 Å². The van der Waals surface area contributed by atoms with Crippen LogP contribution in [0.4, 0.5) is 0 Å². The summed E-state index contributed by atoms with van der Waals surface area (Å²) >= 11 is 0. The van der Waals surface area contributed by atoms with Crippen LogP contribution in [0.15, 0.2) is 24.3 Å². The number of carbonyl (C=O) groups excluding carboxylic acids is 2. The molecule has 0 saturated carbocycles. The van der Waals surface area contributed by atoms with Crippen molar-refractivity contribution in [1.82, 2.24) is 5.32 Å². The number of carbonyl (C=O) groups is 2. The van der Waals surface area contributed by atoms with Gasteiger partial charge >= 0.3 is 5.97 Å². The summed E-state index contributed by atoms with van der Waals surface area (Å²) in [6.07, 6.45) is 67.4. The predicted octanol–water partition coefficient (Wildman–Crippen LogP) is 18.2. The standard InChI is InChI=1S/C60H115NO5/c1-3-5-7-9-11-13-15-17-19-20-21-22-23-24-25-26-27-28-29-30-32-36-40-44-48-52-58(63)57(56-62)61-59(64)53-49-45-41-37-34-35-39-43-47-51-55-66-60(65)54-50-46-42-38-33-31-18-16-14-12-10-8-6-4-2/h10,12,16,18,57-58,62-63H,3-9,11,13-15,17,19-56H2,1-2H3,(H,61,64)/b12-10-,18-16-. The van der Waals surface area contributed by atoms with Crippen LogP contribution in [0.5, 0.6) is 0 Å². The van der Waals surface area contributed by atoms with Crippen molar-refractivity contribution in [3.63, 3.8) is 0 Å². The Morgan fingerprint density at radius 2 is 0.773 bits per heavy atom. The van der Waals surface area contributed by atoms with Crippen LogP contribution in [0.3, 0.4) is 0 Å². The van der Waals surface area contributed by atoms with E-state index in [2.05, 4.69) is 43.5 Å². The van der Waals surface area contributed by atoms with Crippen molar-refractivity contribution in [3.05, 3.63) is 24.3 Å². The number of rotatable bonds is 55. The maximum atomic E-state index is 12.5. The molecular formula is C60H115NO5. The molecule has 0 aliphatic rings. The SMILES string of the molecule is CCCC/C=C\C/C=C\CCCCCCCC(=O)OCCCCCCCCCCCCC(=O)NC(CO)C(O)CCCCCCCCCCCCCCCCCCCCCCCCCCC. The fraction of sp³-hybridized carbons (Fsp3) is 0.900. The van der Waals surface area contributed by atoms with Crippen LogP contribution in [0.2, 0.25) is 0 Å². The van der Waals surface area contributed by atoms with Gasteiger partial charge in [0.1, 0.15) is 0 Å². The first kappa shape index (κ1) is 64.3. The number of allylic oxidation sites excluding steroid dienone is 4. The lowest BCUT2D eigenvalue weighted by Gasteiger charge is -2.22. The van der Waals surface area contributed by atoms with Crippen molar-refractivity contribution in [1.29, 1.82) is 0 Å². The zero-order valence-electron chi connectivity index (χ0n) is 44.4. The Hall–Kier alpha value is -1.66. The summed E-state index contributed by atoms with van der Waals surface area (Å²) in [4.78, 5) is 24.5. The normalized spacial score (nSPS) is 12.7. The Balaban J connectivity index is 3.46. The quantitative estimate of drug-likeness (QED) is 0.0321. The summed E-state index contributed by atoms with van der Waals surface area (Å²) in [5.74, 6) is -0.0880. The molecule has 3 N–H and O–H groups in total. The molecule has 6 nitrogen and oxygen atoms in total. The molecule has 6 heteroatoms. The van der Waals surface area contributed by atoms with E-state index >= 15 is 0 Å². The highest BCUT2D eigenvalue weighted by atomic mass is 16.5. The van der Waals surface area contributed by atoms with Crippen LogP contribution in [0, 0.1) is 0 Å². The number of nitrogens with one attached hydrogen (secondary N) is 1. The number of unbranched alkanes of at least 4 members (excludes halogenated alkanes) is 40. The molecule has 1 amide bonds. The summed E-state index contributed by atoms with van der Waals surface area (Å²) in [5, 5.41) is 23.4. The summed E-state index contributed by atoms with van der Waals surface area (Å²) in [7, 11) is 0. The second-order valence-electron chi connectivity index (χ2n) is 20.3. The van der Waals surface area contributed by atoms with Gasteiger partial charge in [-0.15, -0.1) is 0 Å². The molecule has 0 aliphatic heterocycles. The van der Waals surface area contributed by atoms with Gasteiger partial charge in [-0.25, -0.2) is 0 Å². The lowest BCUT2D eigenvalue weighted by molar-refractivity contribution is -0.143. The van der Waals surface area contributed by atoms with Gasteiger partial charge in [0.2, 0.25) is 5.91 Å². The zero-order chi connectivity index (χ0) is 47.9. The molecular weight excluding hydrogens is 815 g/mol. The highest BCUT2D eigenvalue weighted by molar-refractivity contribution is 5.76. The summed E-state index contributed by atoms with van der Waals surface area (Å²) in [5.41, 5.74) is 0. The van der Waals surface area contributed by atoms with Gasteiger partial charge in [0.05, 0.1) is 25.4 Å². The van der Waals surface area contributed by atoms with E-state index < -0.39 is 12.1 Å². The van der Waals surface area contributed by atoms with Crippen LogP contribution >= 0.6 is 0 Å². The molecule has 390 valence electrons. The number of aliphatic hydroxyl groups excluding tert-OH is 2. The number of amides is 1. The Kier molecular flexibility index (Phi) is 54.5. The minimum absolute atomic E-state index is 0.0323. The van der Waals surface area contributed by atoms with E-state index in [0.717, 1.165) is 70.6 Å². The minimum atomic E-state index is -0.681. The Bertz CT molecular complexity index is 1030. The van der Waals surface area contributed by atoms with Crippen molar-refractivity contribution >= 4 is 11.9 Å². The molecule has 0 aromatic carbocycles. The largest absolute Gasteiger partial charge is 0.466 e. The van der Waals surface area contributed by atoms with E-state index in [1.807, 2.05) is 0 Å². The molecule has 2 unspecified atom stereocenters. The second kappa shape index (κ2) is 55.9. The Morgan fingerprint density at radius 3 is 1.20 bits per heavy atom. The van der Waals surface area contributed by atoms with Gasteiger partial charge in [-0.05, 0) is 51.4 Å². The average molecular weight is 931 g/mol. The van der Waals surface area contributed by atoms with E-state index in [0.29, 0.717) is 25.9 Å². The molecule has 0 radical (unpaired) electrons. The Morgan fingerprint density at radius 1 is 0.424 bits per heavy atom. The number of esters is 1. The third-order valence-corrected chi connectivity index (χ3v) is 13.8. The molecule has 0 aromatic rings. The molecule has 0 rings (SSSR count). The zero-order valence-corrected chi connectivity index (χ0v) is 44.4. The van der Waals surface area contributed by atoms with Crippen LogP contribution in [-0.4, -0.2) is 47.4 Å². The molecule has 0 spiro atoms. The second-order valence-corrected chi connectivity index (χ2v) is 20.3. The van der Waals surface area contributed by atoms with E-state index in [1.54, 1.807) is 0 Å². The van der Waals surface area contributed by atoms with Gasteiger partial charge in [0, 0.05) is 12.8 Å². The van der Waals surface area contributed by atoms with E-state index in [4.69, 9.17) is 4.74 Å². The number of hydrogen-bond acceptors (Lipinski definition) is 5. The van der Waals surface area contributed by atoms with Crippen molar-refractivity contribution in [2.45, 2.75) is 334 Å². The van der Waals surface area contributed by atoms with Gasteiger partial charge in [0.25, 0.3) is 0 Å². The van der Waals surface area contributed by atoms with Gasteiger partial charge in [-0.3, -0.25) is 9.59 Å². The smallest absolute Gasteiger partial charge is 0.305 e. The molecule has 0 aromatic heterocycles. The topological polar surface area (TPSA) is 95.9 Å². The lowest BCUT2D eigenvalue weighted by Crippen LogP contribution is -2.45. The maximum absolute atomic E-state index is 12.5. The summed E-state index contributed by atoms with van der Waals surface area (Å²) < 4.78 is 5.45. The number of ether oxygens (including phenoxy) is 1. The minimum Gasteiger partial charge on any atom is -0.466 e. The summed E-state index contributed by atoms with van der Waals surface area (Å²) in [6, 6.07) is -0.560. The Labute approximate surface area is 411 Å². The highest BCUT2D eigenvalue weighted by Crippen LogP contribution is 2.18. The van der Waals surface area contributed by atoms with Gasteiger partial charge in [-0.1, -0.05) is 282 Å². The van der Waals surface area contributed by atoms with Crippen molar-refractivity contribution in [2.24, 2.45) is 0 Å². The van der Waals surface area contributed by atoms with Crippen molar-refractivity contribution < 1.29 is 24.5 Å². The number of aliphatic hydroxyl groups is 2. The third kappa shape index (κ3) is 51.7. The van der Waals surface area contributed by atoms with Crippen LogP contribution in [0.1, 0.15) is 322 Å². The van der Waals surface area contributed by atoms with Crippen LogP contribution < -0.4 is 5.32 Å². The van der Waals surface area contributed by atoms with Crippen molar-refractivity contribution in [3.8, 4) is 0 Å². The predicted molar refractivity (Wildman–Crippen MR) is 287 cm³/mol. The van der Waals surface area contributed by atoms with E-state index in [9.17, 15) is 19.8 Å². The van der Waals surface area contributed by atoms with Crippen molar-refractivity contribution in [2.75, 3.05) is 13.2 Å². The lowest BCUT2D eigenvalue weighted by atomic mass is 10.0. The molecule has 0 bridgehead atoms. The molecule has 2 atom stereocenters. The molecule has 0 heterocycles. The summed E-state index contributed by atoms with van der Waals surface area (Å²) in [6.45, 7) is 4.87. The van der Waals surface area contributed by atoms with Crippen LogP contribution in [-0.2, 0) is 14.3 Å². The van der Waals surface area contributed by atoms with Gasteiger partial charge < -0.3 is 20.3 Å². The molecule has 66 heavy (non-hydrogen) atoms. The average Bonchev–Trinajstić information content (AvgIpc) is 3.32. The molecule has 0 saturated heterocycles. The first-order valence-electron chi connectivity index (χ1n) is 29.6. The molecule has 0 aliphatic carbocycles.